The molecule has 0 bridgehead atoms. The number of thioether (sulfide) groups is 1. The Bertz CT molecular complexity index is 570. The number of ether oxygens (including phenoxy) is 1. The molecule has 0 aliphatic heterocycles. The molecule has 2 rings (SSSR count). The highest BCUT2D eigenvalue weighted by Crippen LogP contribution is 2.21. The predicted molar refractivity (Wildman–Crippen MR) is 74.4 cm³/mol. The summed E-state index contributed by atoms with van der Waals surface area (Å²) in [6.45, 7) is 0. The van der Waals surface area contributed by atoms with E-state index in [1.807, 2.05) is 30.3 Å². The molecule has 98 valence electrons. The normalized spacial score (nSPS) is 10.2. The van der Waals surface area contributed by atoms with Gasteiger partial charge in [0.1, 0.15) is 0 Å². The summed E-state index contributed by atoms with van der Waals surface area (Å²) in [5.41, 5.74) is 0.363. The van der Waals surface area contributed by atoms with Gasteiger partial charge in [0.15, 0.2) is 17.3 Å². The standard InChI is InChI=1S/C15H13FO2S/c1-18-15-8-7-11(9-13(15)16)14(17)10-19-12-5-3-2-4-6-12/h2-9H,10H2,1H3. The van der Waals surface area contributed by atoms with E-state index < -0.39 is 5.82 Å². The van der Waals surface area contributed by atoms with Crippen molar-refractivity contribution in [2.24, 2.45) is 0 Å². The number of hydrogen-bond donors (Lipinski definition) is 0. The Balaban J connectivity index is 2.02. The summed E-state index contributed by atoms with van der Waals surface area (Å²) in [6, 6.07) is 13.9. The first kappa shape index (κ1) is 13.6. The van der Waals surface area contributed by atoms with Crippen LogP contribution in [0.5, 0.6) is 5.75 Å². The Morgan fingerprint density at radius 1 is 1.21 bits per heavy atom. The van der Waals surface area contributed by atoms with Crippen LogP contribution in [-0.2, 0) is 0 Å². The number of ketones is 1. The second kappa shape index (κ2) is 6.38. The fraction of sp³-hybridized carbons (Fsp3) is 0.133. The van der Waals surface area contributed by atoms with Crippen LogP contribution < -0.4 is 4.74 Å². The van der Waals surface area contributed by atoms with Crippen LogP contribution in [0.1, 0.15) is 10.4 Å². The highest BCUT2D eigenvalue weighted by Gasteiger charge is 2.10. The lowest BCUT2D eigenvalue weighted by molar-refractivity contribution is 0.102. The van der Waals surface area contributed by atoms with E-state index in [2.05, 4.69) is 0 Å². The minimum absolute atomic E-state index is 0.101. The lowest BCUT2D eigenvalue weighted by Crippen LogP contribution is -2.03. The van der Waals surface area contributed by atoms with Crippen molar-refractivity contribution < 1.29 is 13.9 Å². The highest BCUT2D eigenvalue weighted by molar-refractivity contribution is 8.00. The summed E-state index contributed by atoms with van der Waals surface area (Å²) in [5, 5.41) is 0. The van der Waals surface area contributed by atoms with Gasteiger partial charge in [-0.15, -0.1) is 11.8 Å². The van der Waals surface area contributed by atoms with Crippen LogP contribution in [0.3, 0.4) is 0 Å². The molecule has 0 aliphatic rings. The summed E-state index contributed by atoms with van der Waals surface area (Å²) in [7, 11) is 1.39. The van der Waals surface area contributed by atoms with Gasteiger partial charge < -0.3 is 4.74 Å². The molecule has 19 heavy (non-hydrogen) atoms. The van der Waals surface area contributed by atoms with E-state index in [1.165, 1.54) is 31.0 Å². The molecule has 2 aromatic carbocycles. The van der Waals surface area contributed by atoms with E-state index in [1.54, 1.807) is 6.07 Å². The minimum Gasteiger partial charge on any atom is -0.494 e. The van der Waals surface area contributed by atoms with E-state index in [0.29, 0.717) is 5.56 Å². The molecule has 2 aromatic rings. The van der Waals surface area contributed by atoms with Gasteiger partial charge >= 0.3 is 0 Å². The maximum atomic E-state index is 13.5. The Hall–Kier alpha value is -1.81. The van der Waals surface area contributed by atoms with E-state index in [4.69, 9.17) is 4.74 Å². The van der Waals surface area contributed by atoms with Crippen LogP contribution in [0.4, 0.5) is 4.39 Å². The Labute approximate surface area is 115 Å². The molecule has 0 aromatic heterocycles. The number of methoxy groups -OCH3 is 1. The average molecular weight is 276 g/mol. The van der Waals surface area contributed by atoms with Crippen LogP contribution in [0, 0.1) is 5.82 Å². The van der Waals surface area contributed by atoms with E-state index in [-0.39, 0.29) is 17.3 Å². The average Bonchev–Trinajstić information content (AvgIpc) is 2.45. The number of halogens is 1. The summed E-state index contributed by atoms with van der Waals surface area (Å²) >= 11 is 1.44. The van der Waals surface area contributed by atoms with Crippen LogP contribution in [0.25, 0.3) is 0 Å². The lowest BCUT2D eigenvalue weighted by atomic mass is 10.1. The van der Waals surface area contributed by atoms with Gasteiger partial charge in [-0.25, -0.2) is 4.39 Å². The molecular formula is C15H13FO2S. The fourth-order valence-electron chi connectivity index (χ4n) is 1.59. The Kier molecular flexibility index (Phi) is 4.58. The van der Waals surface area contributed by atoms with Crippen molar-refractivity contribution in [3.63, 3.8) is 0 Å². The molecule has 0 amide bonds. The molecule has 0 unspecified atom stereocenters. The van der Waals surface area contributed by atoms with E-state index >= 15 is 0 Å². The largest absolute Gasteiger partial charge is 0.494 e. The molecule has 2 nitrogen and oxygen atoms in total. The second-order valence-corrected chi connectivity index (χ2v) is 4.92. The molecule has 0 atom stereocenters. The van der Waals surface area contributed by atoms with Crippen molar-refractivity contribution in [3.8, 4) is 5.75 Å². The Morgan fingerprint density at radius 2 is 1.95 bits per heavy atom. The summed E-state index contributed by atoms with van der Waals surface area (Å²) in [6.07, 6.45) is 0. The number of benzene rings is 2. The summed E-state index contributed by atoms with van der Waals surface area (Å²) in [4.78, 5) is 13.0. The van der Waals surface area contributed by atoms with Gasteiger partial charge in [0.05, 0.1) is 12.9 Å². The van der Waals surface area contributed by atoms with Gasteiger partial charge in [0, 0.05) is 10.5 Å². The fourth-order valence-corrected chi connectivity index (χ4v) is 2.40. The molecule has 0 aliphatic carbocycles. The molecule has 0 radical (unpaired) electrons. The number of Topliss-reactive ketones (excluding diaryl/α,β-unsaturated/α-hetero) is 1. The molecule has 4 heteroatoms. The van der Waals surface area contributed by atoms with E-state index in [0.717, 1.165) is 4.90 Å². The third-order valence-corrected chi connectivity index (χ3v) is 3.60. The van der Waals surface area contributed by atoms with Crippen molar-refractivity contribution in [2.45, 2.75) is 4.90 Å². The number of carbonyl (C=O) groups excluding carboxylic acids is 1. The SMILES string of the molecule is COc1ccc(C(=O)CSc2ccccc2)cc1F. The van der Waals surface area contributed by atoms with Gasteiger partial charge in [-0.3, -0.25) is 4.79 Å². The molecule has 0 fully saturated rings. The van der Waals surface area contributed by atoms with Crippen LogP contribution >= 0.6 is 11.8 Å². The lowest BCUT2D eigenvalue weighted by Gasteiger charge is -2.05. The minimum atomic E-state index is -0.516. The predicted octanol–water partition coefficient (Wildman–Crippen LogP) is 3.81. The summed E-state index contributed by atoms with van der Waals surface area (Å²) in [5.74, 6) is -0.184. The first-order chi connectivity index (χ1) is 9.20. The van der Waals surface area contributed by atoms with Crippen LogP contribution in [0.15, 0.2) is 53.4 Å². The molecule has 0 saturated carbocycles. The Morgan fingerprint density at radius 3 is 2.58 bits per heavy atom. The third kappa shape index (κ3) is 3.58. The zero-order valence-electron chi connectivity index (χ0n) is 10.4. The van der Waals surface area contributed by atoms with Gasteiger partial charge in [0.25, 0.3) is 0 Å². The van der Waals surface area contributed by atoms with Gasteiger partial charge in [-0.05, 0) is 30.3 Å². The molecule has 0 N–H and O–H groups in total. The highest BCUT2D eigenvalue weighted by atomic mass is 32.2. The molecular weight excluding hydrogens is 263 g/mol. The first-order valence-electron chi connectivity index (χ1n) is 5.75. The zero-order chi connectivity index (χ0) is 13.7. The maximum absolute atomic E-state index is 13.5. The first-order valence-corrected chi connectivity index (χ1v) is 6.74. The second-order valence-electron chi connectivity index (χ2n) is 3.87. The monoisotopic (exact) mass is 276 g/mol. The van der Waals surface area contributed by atoms with Crippen molar-refractivity contribution in [1.82, 2.24) is 0 Å². The van der Waals surface area contributed by atoms with Gasteiger partial charge in [0.2, 0.25) is 0 Å². The van der Waals surface area contributed by atoms with Crippen molar-refractivity contribution in [2.75, 3.05) is 12.9 Å². The van der Waals surface area contributed by atoms with Gasteiger partial charge in [-0.2, -0.15) is 0 Å². The maximum Gasteiger partial charge on any atom is 0.173 e. The quantitative estimate of drug-likeness (QED) is 0.613. The van der Waals surface area contributed by atoms with Crippen LogP contribution in [-0.4, -0.2) is 18.6 Å². The van der Waals surface area contributed by atoms with Crippen LogP contribution in [0.2, 0.25) is 0 Å². The number of hydrogen-bond acceptors (Lipinski definition) is 3. The smallest absolute Gasteiger partial charge is 0.173 e. The van der Waals surface area contributed by atoms with Crippen molar-refractivity contribution in [3.05, 3.63) is 59.9 Å². The molecule has 0 spiro atoms. The number of rotatable bonds is 5. The van der Waals surface area contributed by atoms with Crippen molar-refractivity contribution >= 4 is 17.5 Å². The summed E-state index contributed by atoms with van der Waals surface area (Å²) < 4.78 is 18.3. The number of carbonyl (C=O) groups is 1. The van der Waals surface area contributed by atoms with Gasteiger partial charge in [-0.1, -0.05) is 18.2 Å². The van der Waals surface area contributed by atoms with E-state index in [9.17, 15) is 9.18 Å². The molecule has 0 saturated heterocycles. The topological polar surface area (TPSA) is 26.3 Å². The molecule has 0 heterocycles. The zero-order valence-corrected chi connectivity index (χ0v) is 11.2. The third-order valence-electron chi connectivity index (χ3n) is 2.59. The van der Waals surface area contributed by atoms with Crippen molar-refractivity contribution in [1.29, 1.82) is 0 Å².